The Morgan fingerprint density at radius 2 is 1.59 bits per heavy atom. The van der Waals surface area contributed by atoms with Gasteiger partial charge < -0.3 is 20.9 Å². The van der Waals surface area contributed by atoms with Crippen LogP contribution in [0.1, 0.15) is 57.8 Å². The van der Waals surface area contributed by atoms with Crippen LogP contribution in [0, 0.1) is 11.8 Å². The third-order valence-corrected chi connectivity index (χ3v) is 8.63. The van der Waals surface area contributed by atoms with E-state index in [4.69, 9.17) is 10.7 Å². The van der Waals surface area contributed by atoms with Crippen LogP contribution < -0.4 is 11.1 Å². The Morgan fingerprint density at radius 3 is 2.25 bits per heavy atom. The molecule has 2 saturated carbocycles. The molecule has 1 aromatic carbocycles. The number of nitrogens with one attached hydrogen (secondary N) is 1. The van der Waals surface area contributed by atoms with Crippen LogP contribution in [0.3, 0.4) is 0 Å². The molecule has 3 aliphatic rings. The molecule has 0 amide bonds. The summed E-state index contributed by atoms with van der Waals surface area (Å²) in [5.41, 5.74) is 7.29. The Balaban J connectivity index is 1.38. The van der Waals surface area contributed by atoms with Crippen LogP contribution in [0.25, 0.3) is 0 Å². The summed E-state index contributed by atoms with van der Waals surface area (Å²) < 4.78 is 0. The number of rotatable bonds is 5. The fraction of sp³-hybridized carbons (Fsp3) is 0.731. The fourth-order valence-electron chi connectivity index (χ4n) is 5.66. The number of hydrogen-bond donors (Lipinski definition) is 2. The largest absolute Gasteiger partial charge is 0.340 e. The number of aliphatic imine (C=N–C) groups is 1. The summed E-state index contributed by atoms with van der Waals surface area (Å²) in [6, 6.07) is 9.53. The summed E-state index contributed by atoms with van der Waals surface area (Å²) in [5, 5.41) is 3.74. The van der Waals surface area contributed by atoms with Crippen molar-refractivity contribution in [1.29, 1.82) is 0 Å². The molecule has 0 spiro atoms. The van der Waals surface area contributed by atoms with Crippen LogP contribution in [0.2, 0.25) is 0 Å². The molecule has 5 nitrogen and oxygen atoms in total. The van der Waals surface area contributed by atoms with Gasteiger partial charge in [0.25, 0.3) is 0 Å². The zero-order valence-corrected chi connectivity index (χ0v) is 21.0. The monoisotopic (exact) mass is 457 g/mol. The number of para-hydroxylation sites is 1. The maximum atomic E-state index is 6.11. The molecular weight excluding hydrogens is 414 g/mol. The van der Waals surface area contributed by atoms with Crippen LogP contribution >= 0.6 is 11.8 Å². The summed E-state index contributed by atoms with van der Waals surface area (Å²) in [4.78, 5) is 11.5. The van der Waals surface area contributed by atoms with E-state index in [1.807, 2.05) is 0 Å². The number of likely N-dealkylation sites (N-methyl/N-ethyl adjacent to an activating group) is 1. The number of thioether (sulfide) groups is 1. The van der Waals surface area contributed by atoms with Gasteiger partial charge in [0.2, 0.25) is 0 Å². The van der Waals surface area contributed by atoms with Crippen molar-refractivity contribution in [2.75, 3.05) is 44.8 Å². The lowest BCUT2D eigenvalue weighted by atomic mass is 9.76. The van der Waals surface area contributed by atoms with Gasteiger partial charge in [-0.2, -0.15) is 0 Å². The second-order valence-electron chi connectivity index (χ2n) is 10.3. The molecule has 0 radical (unpaired) electrons. The molecule has 0 unspecified atom stereocenters. The van der Waals surface area contributed by atoms with E-state index in [1.54, 1.807) is 11.8 Å². The van der Waals surface area contributed by atoms with E-state index < -0.39 is 0 Å². The molecule has 3 N–H and O–H groups in total. The lowest BCUT2D eigenvalue weighted by Gasteiger charge is -2.36. The van der Waals surface area contributed by atoms with Crippen molar-refractivity contribution in [3.05, 3.63) is 24.3 Å². The van der Waals surface area contributed by atoms with Gasteiger partial charge in [-0.25, -0.2) is 4.99 Å². The second-order valence-corrected chi connectivity index (χ2v) is 11.1. The Morgan fingerprint density at radius 1 is 0.969 bits per heavy atom. The molecule has 178 valence electrons. The maximum absolute atomic E-state index is 6.11. The SMILES string of the molecule is CSc1ccccc1NC(=NC1CCC(CC2CCC(N)CC2)CC1)N1CCN(C)CC1. The van der Waals surface area contributed by atoms with Gasteiger partial charge in [0.15, 0.2) is 5.96 Å². The molecule has 1 aromatic rings. The van der Waals surface area contributed by atoms with Crippen LogP contribution in [0.5, 0.6) is 0 Å². The molecule has 2 aliphatic carbocycles. The van der Waals surface area contributed by atoms with Gasteiger partial charge in [-0.3, -0.25) is 0 Å². The van der Waals surface area contributed by atoms with E-state index in [0.29, 0.717) is 12.1 Å². The first-order chi connectivity index (χ1) is 15.6. The highest BCUT2D eigenvalue weighted by molar-refractivity contribution is 7.98. The summed E-state index contributed by atoms with van der Waals surface area (Å²) in [7, 11) is 2.21. The highest BCUT2D eigenvalue weighted by Gasteiger charge is 2.27. The zero-order chi connectivity index (χ0) is 22.3. The molecule has 0 bridgehead atoms. The molecule has 4 rings (SSSR count). The highest BCUT2D eigenvalue weighted by Crippen LogP contribution is 2.36. The maximum Gasteiger partial charge on any atom is 0.198 e. The van der Waals surface area contributed by atoms with Gasteiger partial charge >= 0.3 is 0 Å². The standard InChI is InChI=1S/C26H43N5S/c1-30-15-17-31(18-16-30)26(29-24-5-3-4-6-25(24)32-2)28-23-13-9-21(10-14-23)19-20-7-11-22(27)12-8-20/h3-6,20-23H,7-19,27H2,1-2H3,(H,28,29). The summed E-state index contributed by atoms with van der Waals surface area (Å²) in [6.45, 7) is 4.29. The number of nitrogens with two attached hydrogens (primary N) is 1. The predicted molar refractivity (Wildman–Crippen MR) is 139 cm³/mol. The lowest BCUT2D eigenvalue weighted by Crippen LogP contribution is -2.49. The number of piperazine rings is 1. The van der Waals surface area contributed by atoms with Crippen molar-refractivity contribution in [3.8, 4) is 0 Å². The minimum Gasteiger partial charge on any atom is -0.340 e. The van der Waals surface area contributed by atoms with Gasteiger partial charge in [-0.05, 0) is 95.1 Å². The van der Waals surface area contributed by atoms with Gasteiger partial charge in [-0.1, -0.05) is 12.1 Å². The van der Waals surface area contributed by atoms with E-state index >= 15 is 0 Å². The third kappa shape index (κ3) is 6.64. The normalized spacial score (nSPS) is 30.3. The van der Waals surface area contributed by atoms with Crippen molar-refractivity contribution < 1.29 is 0 Å². The Kier molecular flexibility index (Phi) is 8.78. The Hall–Kier alpha value is -1.24. The van der Waals surface area contributed by atoms with Crippen LogP contribution in [-0.4, -0.2) is 67.3 Å². The van der Waals surface area contributed by atoms with Gasteiger partial charge in [0.05, 0.1) is 11.7 Å². The summed E-state index contributed by atoms with van der Waals surface area (Å²) in [6.07, 6.45) is 13.9. The average Bonchev–Trinajstić information content (AvgIpc) is 2.82. The van der Waals surface area contributed by atoms with E-state index in [1.165, 1.54) is 68.4 Å². The van der Waals surface area contributed by atoms with Gasteiger partial charge in [-0.15, -0.1) is 11.8 Å². The van der Waals surface area contributed by atoms with Crippen molar-refractivity contribution >= 4 is 23.4 Å². The summed E-state index contributed by atoms with van der Waals surface area (Å²) in [5.74, 6) is 2.91. The fourth-order valence-corrected chi connectivity index (χ4v) is 6.21. The van der Waals surface area contributed by atoms with E-state index in [2.05, 4.69) is 52.7 Å². The molecule has 1 aliphatic heterocycles. The minimum absolute atomic E-state index is 0.453. The van der Waals surface area contributed by atoms with Crippen LogP contribution in [0.15, 0.2) is 34.2 Å². The summed E-state index contributed by atoms with van der Waals surface area (Å²) >= 11 is 1.80. The quantitative estimate of drug-likeness (QED) is 0.374. The Bertz CT molecular complexity index is 729. The molecule has 1 heterocycles. The molecule has 3 fully saturated rings. The second kappa shape index (κ2) is 11.8. The van der Waals surface area contributed by atoms with E-state index in [-0.39, 0.29) is 0 Å². The lowest BCUT2D eigenvalue weighted by molar-refractivity contribution is 0.211. The molecule has 6 heteroatoms. The minimum atomic E-state index is 0.453. The topological polar surface area (TPSA) is 56.9 Å². The third-order valence-electron chi connectivity index (χ3n) is 7.84. The zero-order valence-electron chi connectivity index (χ0n) is 20.1. The Labute approximate surface area is 199 Å². The van der Waals surface area contributed by atoms with E-state index in [9.17, 15) is 0 Å². The van der Waals surface area contributed by atoms with E-state index in [0.717, 1.165) is 44.0 Å². The molecule has 0 atom stereocenters. The van der Waals surface area contributed by atoms with Crippen molar-refractivity contribution in [1.82, 2.24) is 9.80 Å². The molecule has 0 aromatic heterocycles. The number of guanidine groups is 1. The van der Waals surface area contributed by atoms with Crippen molar-refractivity contribution in [2.24, 2.45) is 22.6 Å². The van der Waals surface area contributed by atoms with Crippen LogP contribution in [-0.2, 0) is 0 Å². The first kappa shape index (κ1) is 23.9. The number of anilines is 1. The predicted octanol–water partition coefficient (Wildman–Crippen LogP) is 4.89. The molecular formula is C26H43N5S. The van der Waals surface area contributed by atoms with Crippen LogP contribution in [0.4, 0.5) is 5.69 Å². The highest BCUT2D eigenvalue weighted by atomic mass is 32.2. The van der Waals surface area contributed by atoms with Crippen molar-refractivity contribution in [3.63, 3.8) is 0 Å². The van der Waals surface area contributed by atoms with Crippen molar-refractivity contribution in [2.45, 2.75) is 74.8 Å². The smallest absolute Gasteiger partial charge is 0.198 e. The molecule has 32 heavy (non-hydrogen) atoms. The first-order valence-electron chi connectivity index (χ1n) is 12.8. The molecule has 1 saturated heterocycles. The number of nitrogens with zero attached hydrogens (tertiary/aromatic N) is 3. The average molecular weight is 458 g/mol. The first-order valence-corrected chi connectivity index (χ1v) is 14.0. The van der Waals surface area contributed by atoms with Gasteiger partial charge in [0, 0.05) is 37.1 Å². The van der Waals surface area contributed by atoms with Gasteiger partial charge in [0.1, 0.15) is 0 Å². The number of benzene rings is 1. The number of hydrogen-bond acceptors (Lipinski definition) is 4.